The van der Waals surface area contributed by atoms with E-state index < -0.39 is 0 Å². The number of para-hydroxylation sites is 1. The van der Waals surface area contributed by atoms with Crippen LogP contribution < -0.4 is 5.73 Å². The van der Waals surface area contributed by atoms with E-state index in [4.69, 9.17) is 5.73 Å². The molecule has 0 unspecified atom stereocenters. The van der Waals surface area contributed by atoms with Gasteiger partial charge in [0.05, 0.1) is 5.52 Å². The first kappa shape index (κ1) is 10.3. The number of rotatable bonds is 2. The Hall–Kier alpha value is -1.85. The summed E-state index contributed by atoms with van der Waals surface area (Å²) in [6.07, 6.45) is 0. The van der Waals surface area contributed by atoms with Crippen LogP contribution in [-0.4, -0.2) is 15.2 Å². The second kappa shape index (κ2) is 4.20. The fourth-order valence-electron chi connectivity index (χ4n) is 1.62. The molecule has 0 saturated carbocycles. The molecule has 2 heterocycles. The lowest BCUT2D eigenvalue weighted by Gasteiger charge is -1.98. The molecule has 0 aliphatic rings. The van der Waals surface area contributed by atoms with E-state index >= 15 is 0 Å². The lowest BCUT2D eigenvalue weighted by atomic mass is 10.2. The van der Waals surface area contributed by atoms with Crippen LogP contribution in [0.15, 0.2) is 36.4 Å². The second-order valence-electron chi connectivity index (χ2n) is 3.59. The third-order valence-corrected chi connectivity index (χ3v) is 3.43. The van der Waals surface area contributed by atoms with Crippen LogP contribution in [0.25, 0.3) is 21.6 Å². The Kier molecular flexibility index (Phi) is 2.55. The van der Waals surface area contributed by atoms with Gasteiger partial charge in [0.1, 0.15) is 10.7 Å². The van der Waals surface area contributed by atoms with Crippen molar-refractivity contribution < 1.29 is 0 Å². The van der Waals surface area contributed by atoms with Crippen molar-refractivity contribution >= 4 is 22.2 Å². The summed E-state index contributed by atoms with van der Waals surface area (Å²) in [5.41, 5.74) is 7.33. The average Bonchev–Trinajstić information content (AvgIpc) is 2.87. The van der Waals surface area contributed by atoms with E-state index in [-0.39, 0.29) is 0 Å². The summed E-state index contributed by atoms with van der Waals surface area (Å²) in [5.74, 6) is 0. The fraction of sp³-hybridized carbons (Fsp3) is 0.0833. The van der Waals surface area contributed by atoms with Gasteiger partial charge in [-0.25, -0.2) is 4.98 Å². The summed E-state index contributed by atoms with van der Waals surface area (Å²) < 4.78 is 0. The summed E-state index contributed by atoms with van der Waals surface area (Å²) >= 11 is 1.48. The number of benzene rings is 1. The third-order valence-electron chi connectivity index (χ3n) is 2.46. The SMILES string of the molecule is NCc1nnc(-c2ccc3ccccc3n2)s1. The lowest BCUT2D eigenvalue weighted by molar-refractivity contribution is 0.959. The van der Waals surface area contributed by atoms with Gasteiger partial charge >= 0.3 is 0 Å². The van der Waals surface area contributed by atoms with Crippen molar-refractivity contribution in [1.29, 1.82) is 0 Å². The van der Waals surface area contributed by atoms with E-state index in [1.165, 1.54) is 11.3 Å². The van der Waals surface area contributed by atoms with E-state index in [1.54, 1.807) is 0 Å². The largest absolute Gasteiger partial charge is 0.324 e. The van der Waals surface area contributed by atoms with Crippen LogP contribution in [0.1, 0.15) is 5.01 Å². The van der Waals surface area contributed by atoms with E-state index in [2.05, 4.69) is 15.2 Å². The van der Waals surface area contributed by atoms with Gasteiger partial charge in [-0.1, -0.05) is 35.6 Å². The molecule has 3 rings (SSSR count). The van der Waals surface area contributed by atoms with Crippen molar-refractivity contribution in [3.8, 4) is 10.7 Å². The molecule has 0 saturated heterocycles. The zero-order chi connectivity index (χ0) is 11.7. The summed E-state index contributed by atoms with van der Waals surface area (Å²) in [6, 6.07) is 12.0. The first-order valence-electron chi connectivity index (χ1n) is 5.25. The average molecular weight is 242 g/mol. The first-order valence-corrected chi connectivity index (χ1v) is 6.07. The Morgan fingerprint density at radius 1 is 1.06 bits per heavy atom. The van der Waals surface area contributed by atoms with Gasteiger partial charge in [0.2, 0.25) is 0 Å². The van der Waals surface area contributed by atoms with E-state index in [1.807, 2.05) is 36.4 Å². The van der Waals surface area contributed by atoms with Crippen molar-refractivity contribution in [3.05, 3.63) is 41.4 Å². The monoisotopic (exact) mass is 242 g/mol. The van der Waals surface area contributed by atoms with Gasteiger partial charge in [-0.15, -0.1) is 10.2 Å². The van der Waals surface area contributed by atoms with Crippen molar-refractivity contribution in [1.82, 2.24) is 15.2 Å². The zero-order valence-electron chi connectivity index (χ0n) is 9.00. The van der Waals surface area contributed by atoms with Crippen molar-refractivity contribution in [2.75, 3.05) is 0 Å². The highest BCUT2D eigenvalue weighted by atomic mass is 32.1. The van der Waals surface area contributed by atoms with Gasteiger partial charge < -0.3 is 5.73 Å². The Balaban J connectivity index is 2.11. The molecule has 17 heavy (non-hydrogen) atoms. The van der Waals surface area contributed by atoms with E-state index in [0.717, 1.165) is 26.6 Å². The van der Waals surface area contributed by atoms with Gasteiger partial charge in [-0.05, 0) is 12.1 Å². The quantitative estimate of drug-likeness (QED) is 0.748. The normalized spacial score (nSPS) is 10.9. The van der Waals surface area contributed by atoms with Crippen LogP contribution in [0.3, 0.4) is 0 Å². The van der Waals surface area contributed by atoms with Gasteiger partial charge in [0.25, 0.3) is 0 Å². The molecular weight excluding hydrogens is 232 g/mol. The lowest BCUT2D eigenvalue weighted by Crippen LogP contribution is -1.94. The topological polar surface area (TPSA) is 64.7 Å². The molecule has 84 valence electrons. The highest BCUT2D eigenvalue weighted by Crippen LogP contribution is 2.23. The third kappa shape index (κ3) is 1.90. The molecule has 5 heteroatoms. The Labute approximate surface area is 102 Å². The highest BCUT2D eigenvalue weighted by Gasteiger charge is 2.07. The number of nitrogens with two attached hydrogens (primary N) is 1. The molecule has 4 nitrogen and oxygen atoms in total. The van der Waals surface area contributed by atoms with Gasteiger partial charge in [0, 0.05) is 11.9 Å². The number of aromatic nitrogens is 3. The molecule has 2 N–H and O–H groups in total. The molecule has 0 bridgehead atoms. The standard InChI is InChI=1S/C12H10N4S/c13-7-11-15-16-12(17-11)10-6-5-8-3-1-2-4-9(8)14-10/h1-6H,7,13H2. The molecule has 0 atom stereocenters. The Bertz CT molecular complexity index is 662. The summed E-state index contributed by atoms with van der Waals surface area (Å²) in [6.45, 7) is 0.422. The smallest absolute Gasteiger partial charge is 0.166 e. The molecule has 0 radical (unpaired) electrons. The number of hydrogen-bond acceptors (Lipinski definition) is 5. The molecule has 0 spiro atoms. The minimum absolute atomic E-state index is 0.422. The molecule has 0 fully saturated rings. The molecular formula is C12H10N4S. The number of nitrogens with zero attached hydrogens (tertiary/aromatic N) is 3. The molecule has 1 aromatic carbocycles. The predicted octanol–water partition coefficient (Wildman–Crippen LogP) is 2.21. The molecule has 3 aromatic rings. The maximum absolute atomic E-state index is 5.52. The Morgan fingerprint density at radius 3 is 2.76 bits per heavy atom. The summed E-state index contributed by atoms with van der Waals surface area (Å²) in [5, 5.41) is 10.9. The number of hydrogen-bond donors (Lipinski definition) is 1. The van der Waals surface area contributed by atoms with Gasteiger partial charge in [0.15, 0.2) is 5.01 Å². The predicted molar refractivity (Wildman–Crippen MR) is 68.5 cm³/mol. The van der Waals surface area contributed by atoms with Crippen molar-refractivity contribution in [2.24, 2.45) is 5.73 Å². The fourth-order valence-corrected chi connectivity index (χ4v) is 2.31. The molecule has 0 amide bonds. The molecule has 2 aromatic heterocycles. The molecule has 0 aliphatic carbocycles. The van der Waals surface area contributed by atoms with Crippen molar-refractivity contribution in [2.45, 2.75) is 6.54 Å². The Morgan fingerprint density at radius 2 is 1.94 bits per heavy atom. The van der Waals surface area contributed by atoms with Crippen LogP contribution in [0, 0.1) is 0 Å². The van der Waals surface area contributed by atoms with Crippen LogP contribution in [-0.2, 0) is 6.54 Å². The first-order chi connectivity index (χ1) is 8.36. The summed E-state index contributed by atoms with van der Waals surface area (Å²) in [4.78, 5) is 4.56. The minimum Gasteiger partial charge on any atom is -0.324 e. The van der Waals surface area contributed by atoms with Crippen LogP contribution in [0.2, 0.25) is 0 Å². The van der Waals surface area contributed by atoms with Gasteiger partial charge in [-0.3, -0.25) is 0 Å². The van der Waals surface area contributed by atoms with Crippen LogP contribution in [0.4, 0.5) is 0 Å². The van der Waals surface area contributed by atoms with Crippen molar-refractivity contribution in [3.63, 3.8) is 0 Å². The second-order valence-corrected chi connectivity index (χ2v) is 4.66. The highest BCUT2D eigenvalue weighted by molar-refractivity contribution is 7.14. The van der Waals surface area contributed by atoms with Crippen LogP contribution in [0.5, 0.6) is 0 Å². The molecule has 0 aliphatic heterocycles. The van der Waals surface area contributed by atoms with Gasteiger partial charge in [-0.2, -0.15) is 0 Å². The van der Waals surface area contributed by atoms with E-state index in [9.17, 15) is 0 Å². The zero-order valence-corrected chi connectivity index (χ0v) is 9.81. The van der Waals surface area contributed by atoms with E-state index in [0.29, 0.717) is 6.54 Å². The number of pyridine rings is 1. The summed E-state index contributed by atoms with van der Waals surface area (Å²) in [7, 11) is 0. The maximum Gasteiger partial charge on any atom is 0.166 e. The van der Waals surface area contributed by atoms with Crippen LogP contribution >= 0.6 is 11.3 Å². The minimum atomic E-state index is 0.422. The number of fused-ring (bicyclic) bond motifs is 1. The maximum atomic E-state index is 5.52.